The van der Waals surface area contributed by atoms with Crippen molar-refractivity contribution >= 4 is 54.4 Å². The molecule has 0 radical (unpaired) electrons. The average molecular weight is 486 g/mol. The van der Waals surface area contributed by atoms with Crippen molar-refractivity contribution in [2.75, 3.05) is 5.32 Å². The van der Waals surface area contributed by atoms with Crippen molar-refractivity contribution in [1.82, 2.24) is 4.98 Å². The van der Waals surface area contributed by atoms with Crippen LogP contribution in [-0.2, 0) is 0 Å². The maximum absolute atomic E-state index is 13.1. The first kappa shape index (κ1) is 17.9. The molecule has 0 aliphatic carbocycles. The van der Waals surface area contributed by atoms with Gasteiger partial charge < -0.3 is 9.73 Å². The summed E-state index contributed by atoms with van der Waals surface area (Å²) in [5.74, 6) is 1.23. The molecule has 2 aromatic heterocycles. The van der Waals surface area contributed by atoms with Crippen molar-refractivity contribution in [2.24, 2.45) is 0 Å². The van der Waals surface area contributed by atoms with E-state index in [0.717, 1.165) is 25.6 Å². The van der Waals surface area contributed by atoms with Crippen molar-refractivity contribution in [1.29, 1.82) is 0 Å². The molecule has 2 aromatic carbocycles. The number of anilines is 1. The van der Waals surface area contributed by atoms with Crippen LogP contribution in [0.5, 0.6) is 0 Å². The van der Waals surface area contributed by atoms with Crippen LogP contribution in [0.25, 0.3) is 22.4 Å². The van der Waals surface area contributed by atoms with E-state index in [2.05, 4.69) is 42.2 Å². The van der Waals surface area contributed by atoms with Crippen LogP contribution in [0.1, 0.15) is 16.1 Å². The number of amides is 1. The van der Waals surface area contributed by atoms with Crippen molar-refractivity contribution in [3.05, 3.63) is 80.9 Å². The third kappa shape index (κ3) is 3.68. The van der Waals surface area contributed by atoms with Gasteiger partial charge in [0, 0.05) is 14.3 Å². The Morgan fingerprint density at radius 1 is 1.04 bits per heavy atom. The summed E-state index contributed by atoms with van der Waals surface area (Å²) in [7, 11) is 0. The second-order valence-electron chi connectivity index (χ2n) is 6.06. The molecule has 0 saturated carbocycles. The summed E-state index contributed by atoms with van der Waals surface area (Å²) in [6.45, 7) is 1.88. The molecule has 1 N–H and O–H groups in total. The Morgan fingerprint density at radius 2 is 1.85 bits per heavy atom. The number of aromatic nitrogens is 1. The Hall–Kier alpha value is -2.44. The van der Waals surface area contributed by atoms with Crippen LogP contribution < -0.4 is 5.32 Å². The van der Waals surface area contributed by atoms with Gasteiger partial charge in [-0.1, -0.05) is 34.1 Å². The fourth-order valence-corrected chi connectivity index (χ4v) is 3.99. The summed E-state index contributed by atoms with van der Waals surface area (Å²) in [6, 6.07) is 18.7. The van der Waals surface area contributed by atoms with E-state index in [9.17, 15) is 4.79 Å². The second kappa shape index (κ2) is 7.29. The predicted octanol–water partition coefficient (Wildman–Crippen LogP) is 6.58. The summed E-state index contributed by atoms with van der Waals surface area (Å²) < 4.78 is 7.42. The number of carbonyl (C=O) groups excluding carboxylic acids is 1. The molecule has 4 nitrogen and oxygen atoms in total. The fraction of sp³-hybridized carbons (Fsp3) is 0.0476. The average Bonchev–Trinajstić information content (AvgIpc) is 3.09. The van der Waals surface area contributed by atoms with Gasteiger partial charge in [-0.25, -0.2) is 4.98 Å². The number of benzene rings is 2. The molecule has 0 aliphatic heterocycles. The van der Waals surface area contributed by atoms with Crippen LogP contribution in [0.3, 0.4) is 0 Å². The molecule has 4 aromatic rings. The highest BCUT2D eigenvalue weighted by Crippen LogP contribution is 2.29. The molecule has 1 amide bonds. The number of pyridine rings is 1. The van der Waals surface area contributed by atoms with Gasteiger partial charge in [0.1, 0.15) is 11.5 Å². The predicted molar refractivity (Wildman–Crippen MR) is 114 cm³/mol. The smallest absolute Gasteiger partial charge is 0.256 e. The highest BCUT2D eigenvalue weighted by Gasteiger charge is 2.16. The first-order chi connectivity index (χ1) is 13.0. The molecule has 0 atom stereocenters. The molecule has 2 heterocycles. The number of aryl methyl sites for hydroxylation is 1. The number of carbonyl (C=O) groups is 1. The van der Waals surface area contributed by atoms with E-state index in [1.807, 2.05) is 61.5 Å². The van der Waals surface area contributed by atoms with E-state index in [1.165, 1.54) is 0 Å². The molecular weight excluding hydrogens is 472 g/mol. The highest BCUT2D eigenvalue weighted by molar-refractivity contribution is 9.11. The van der Waals surface area contributed by atoms with Crippen molar-refractivity contribution < 1.29 is 9.21 Å². The number of furan rings is 1. The van der Waals surface area contributed by atoms with Gasteiger partial charge in [0.2, 0.25) is 0 Å². The van der Waals surface area contributed by atoms with Gasteiger partial charge in [0.25, 0.3) is 5.91 Å². The molecule has 0 aliphatic rings. The number of hydrogen-bond acceptors (Lipinski definition) is 3. The fourth-order valence-electron chi connectivity index (χ4n) is 2.84. The third-order valence-corrected chi connectivity index (χ3v) is 5.28. The van der Waals surface area contributed by atoms with Crippen molar-refractivity contribution in [3.63, 3.8) is 0 Å². The van der Waals surface area contributed by atoms with E-state index < -0.39 is 0 Å². The Balaban J connectivity index is 1.80. The number of halogens is 2. The number of hydrogen-bond donors (Lipinski definition) is 1. The van der Waals surface area contributed by atoms with Crippen molar-refractivity contribution in [2.45, 2.75) is 6.92 Å². The molecule has 0 fully saturated rings. The lowest BCUT2D eigenvalue weighted by Gasteiger charge is -2.11. The van der Waals surface area contributed by atoms with Gasteiger partial charge >= 0.3 is 0 Å². The van der Waals surface area contributed by atoms with Crippen LogP contribution in [0, 0.1) is 6.92 Å². The Labute approximate surface area is 172 Å². The third-order valence-electron chi connectivity index (χ3n) is 4.13. The minimum Gasteiger partial charge on any atom is -0.460 e. The van der Waals surface area contributed by atoms with Gasteiger partial charge in [0.15, 0.2) is 5.76 Å². The Kier molecular flexibility index (Phi) is 4.85. The zero-order valence-corrected chi connectivity index (χ0v) is 17.5. The molecule has 0 unspecified atom stereocenters. The lowest BCUT2D eigenvalue weighted by atomic mass is 10.1. The summed E-state index contributed by atoms with van der Waals surface area (Å²) in [4.78, 5) is 17.7. The zero-order valence-electron chi connectivity index (χ0n) is 14.3. The molecule has 4 rings (SSSR count). The number of para-hydroxylation sites is 1. The summed E-state index contributed by atoms with van der Waals surface area (Å²) in [5.41, 5.74) is 2.60. The lowest BCUT2D eigenvalue weighted by Crippen LogP contribution is -2.13. The Morgan fingerprint density at radius 3 is 2.59 bits per heavy atom. The quantitative estimate of drug-likeness (QED) is 0.356. The molecule has 27 heavy (non-hydrogen) atoms. The normalized spacial score (nSPS) is 10.9. The number of fused-ring (bicyclic) bond motifs is 1. The van der Waals surface area contributed by atoms with E-state index in [4.69, 9.17) is 4.42 Å². The number of nitrogens with zero attached hydrogens (tertiary/aromatic N) is 1. The molecule has 0 bridgehead atoms. The van der Waals surface area contributed by atoms with Crippen LogP contribution in [0.4, 0.5) is 5.69 Å². The van der Waals surface area contributed by atoms with Crippen molar-refractivity contribution in [3.8, 4) is 11.5 Å². The number of nitrogens with one attached hydrogen (secondary N) is 1. The first-order valence-corrected chi connectivity index (χ1v) is 9.83. The van der Waals surface area contributed by atoms with Crippen LogP contribution >= 0.6 is 31.9 Å². The monoisotopic (exact) mass is 484 g/mol. The maximum Gasteiger partial charge on any atom is 0.256 e. The van der Waals surface area contributed by atoms with Gasteiger partial charge in [-0.05, 0) is 65.3 Å². The summed E-state index contributed by atoms with van der Waals surface area (Å²) in [6.07, 6.45) is 0. The molecule has 134 valence electrons. The topological polar surface area (TPSA) is 55.1 Å². The SMILES string of the molecule is Cc1ccc(-c2cc(C(=O)Nc3ccc(Br)cc3Br)c3ccccc3n2)o1. The van der Waals surface area contributed by atoms with E-state index >= 15 is 0 Å². The van der Waals surface area contributed by atoms with Crippen LogP contribution in [0.15, 0.2) is 74.0 Å². The summed E-state index contributed by atoms with van der Waals surface area (Å²) in [5, 5.41) is 3.75. The summed E-state index contributed by atoms with van der Waals surface area (Å²) >= 11 is 6.90. The van der Waals surface area contributed by atoms with Gasteiger partial charge in [-0.15, -0.1) is 0 Å². The highest BCUT2D eigenvalue weighted by atomic mass is 79.9. The standard InChI is InChI=1S/C21H14Br2N2O2/c1-12-6-9-20(27-12)19-11-15(14-4-2-3-5-17(14)24-19)21(26)25-18-8-7-13(22)10-16(18)23/h2-11H,1H3,(H,25,26). The minimum atomic E-state index is -0.207. The first-order valence-electron chi connectivity index (χ1n) is 8.24. The van der Waals surface area contributed by atoms with E-state index in [-0.39, 0.29) is 5.91 Å². The van der Waals surface area contributed by atoms with Crippen LogP contribution in [-0.4, -0.2) is 10.9 Å². The van der Waals surface area contributed by atoms with Gasteiger partial charge in [-0.2, -0.15) is 0 Å². The molecule has 0 saturated heterocycles. The lowest BCUT2D eigenvalue weighted by molar-refractivity contribution is 0.102. The zero-order chi connectivity index (χ0) is 19.0. The minimum absolute atomic E-state index is 0.207. The van der Waals surface area contributed by atoms with E-state index in [1.54, 1.807) is 6.07 Å². The Bertz CT molecular complexity index is 1170. The van der Waals surface area contributed by atoms with Gasteiger partial charge in [-0.3, -0.25) is 4.79 Å². The maximum atomic E-state index is 13.1. The number of rotatable bonds is 3. The van der Waals surface area contributed by atoms with Crippen LogP contribution in [0.2, 0.25) is 0 Å². The van der Waals surface area contributed by atoms with Gasteiger partial charge in [0.05, 0.1) is 16.8 Å². The largest absolute Gasteiger partial charge is 0.460 e. The second-order valence-corrected chi connectivity index (χ2v) is 7.83. The van der Waals surface area contributed by atoms with E-state index in [0.29, 0.717) is 22.7 Å². The molecule has 6 heteroatoms. The molecular formula is C21H14Br2N2O2. The molecule has 0 spiro atoms.